The summed E-state index contributed by atoms with van der Waals surface area (Å²) in [4.78, 5) is 14.5. The zero-order valence-corrected chi connectivity index (χ0v) is 12.3. The summed E-state index contributed by atoms with van der Waals surface area (Å²) >= 11 is 0. The van der Waals surface area contributed by atoms with Crippen LogP contribution in [0.15, 0.2) is 4.52 Å². The van der Waals surface area contributed by atoms with Gasteiger partial charge in [-0.15, -0.1) is 0 Å². The van der Waals surface area contributed by atoms with E-state index in [1.54, 1.807) is 6.92 Å². The summed E-state index contributed by atoms with van der Waals surface area (Å²) < 4.78 is 10.4. The highest BCUT2D eigenvalue weighted by Crippen LogP contribution is 2.13. The predicted molar refractivity (Wildman–Crippen MR) is 74.8 cm³/mol. The number of aryl methyl sites for hydroxylation is 2. The van der Waals surface area contributed by atoms with E-state index in [2.05, 4.69) is 15.4 Å². The monoisotopic (exact) mass is 281 g/mol. The van der Waals surface area contributed by atoms with Crippen molar-refractivity contribution >= 4 is 5.91 Å². The van der Waals surface area contributed by atoms with Crippen LogP contribution in [0.2, 0.25) is 0 Å². The summed E-state index contributed by atoms with van der Waals surface area (Å²) in [6.07, 6.45) is 1.64. The van der Waals surface area contributed by atoms with E-state index in [-0.39, 0.29) is 5.91 Å². The van der Waals surface area contributed by atoms with E-state index in [0.717, 1.165) is 45.0 Å². The Morgan fingerprint density at radius 2 is 2.15 bits per heavy atom. The second kappa shape index (κ2) is 7.40. The van der Waals surface area contributed by atoms with Crippen molar-refractivity contribution in [2.45, 2.75) is 26.7 Å². The molecule has 6 nitrogen and oxygen atoms in total. The van der Waals surface area contributed by atoms with Gasteiger partial charge in [0, 0.05) is 19.6 Å². The van der Waals surface area contributed by atoms with Crippen molar-refractivity contribution in [3.05, 3.63) is 17.0 Å². The fourth-order valence-corrected chi connectivity index (χ4v) is 2.37. The summed E-state index contributed by atoms with van der Waals surface area (Å²) in [5, 5.41) is 6.84. The maximum atomic E-state index is 12.1. The summed E-state index contributed by atoms with van der Waals surface area (Å²) in [5.74, 6) is 0.509. The lowest BCUT2D eigenvalue weighted by Crippen LogP contribution is -2.38. The van der Waals surface area contributed by atoms with Gasteiger partial charge in [0.25, 0.3) is 5.91 Å². The topological polar surface area (TPSA) is 67.6 Å². The Kier molecular flexibility index (Phi) is 5.55. The van der Waals surface area contributed by atoms with Gasteiger partial charge in [-0.3, -0.25) is 9.69 Å². The number of nitrogens with zero attached hydrogens (tertiary/aromatic N) is 2. The average molecular weight is 281 g/mol. The van der Waals surface area contributed by atoms with E-state index in [1.165, 1.54) is 0 Å². The maximum Gasteiger partial charge on any atom is 0.256 e. The second-order valence-corrected chi connectivity index (χ2v) is 4.98. The van der Waals surface area contributed by atoms with Gasteiger partial charge in [-0.25, -0.2) is 0 Å². The fraction of sp³-hybridized carbons (Fsp3) is 0.714. The molecule has 2 heterocycles. The maximum absolute atomic E-state index is 12.1. The standard InChI is InChI=1S/C14H23N3O3/c1-3-12-13(11(2)20-16-12)14(18)15-5-4-6-17-7-9-19-10-8-17/h3-10H2,1-2H3,(H,15,18). The van der Waals surface area contributed by atoms with Crippen LogP contribution in [0.4, 0.5) is 0 Å². The van der Waals surface area contributed by atoms with E-state index in [1.807, 2.05) is 6.92 Å². The third kappa shape index (κ3) is 3.80. The molecule has 1 N–H and O–H groups in total. The molecule has 1 aromatic rings. The molecule has 1 amide bonds. The number of hydrogen-bond donors (Lipinski definition) is 1. The molecule has 0 bridgehead atoms. The van der Waals surface area contributed by atoms with E-state index < -0.39 is 0 Å². The zero-order valence-electron chi connectivity index (χ0n) is 12.3. The minimum atomic E-state index is -0.0809. The average Bonchev–Trinajstić information content (AvgIpc) is 2.85. The number of nitrogens with one attached hydrogen (secondary N) is 1. The first-order valence-corrected chi connectivity index (χ1v) is 7.25. The molecule has 2 rings (SSSR count). The normalized spacial score (nSPS) is 16.3. The van der Waals surface area contributed by atoms with Crippen molar-refractivity contribution in [3.8, 4) is 0 Å². The Hall–Kier alpha value is -1.40. The first-order chi connectivity index (χ1) is 9.72. The highest BCUT2D eigenvalue weighted by atomic mass is 16.5. The summed E-state index contributed by atoms with van der Waals surface area (Å²) in [6.45, 7) is 8.99. The van der Waals surface area contributed by atoms with Crippen LogP contribution in [-0.2, 0) is 11.2 Å². The molecule has 0 atom stereocenters. The van der Waals surface area contributed by atoms with Crippen LogP contribution < -0.4 is 5.32 Å². The second-order valence-electron chi connectivity index (χ2n) is 4.98. The van der Waals surface area contributed by atoms with Gasteiger partial charge in [0.1, 0.15) is 11.3 Å². The molecule has 6 heteroatoms. The van der Waals surface area contributed by atoms with Crippen molar-refractivity contribution < 1.29 is 14.1 Å². The van der Waals surface area contributed by atoms with Gasteiger partial charge >= 0.3 is 0 Å². The van der Waals surface area contributed by atoms with E-state index >= 15 is 0 Å². The van der Waals surface area contributed by atoms with E-state index in [9.17, 15) is 4.79 Å². The molecule has 1 aliphatic rings. The smallest absolute Gasteiger partial charge is 0.256 e. The zero-order chi connectivity index (χ0) is 14.4. The van der Waals surface area contributed by atoms with Crippen LogP contribution in [-0.4, -0.2) is 55.4 Å². The number of carbonyl (C=O) groups is 1. The lowest BCUT2D eigenvalue weighted by molar-refractivity contribution is 0.0374. The third-order valence-electron chi connectivity index (χ3n) is 3.54. The van der Waals surface area contributed by atoms with Crippen molar-refractivity contribution in [1.82, 2.24) is 15.4 Å². The Morgan fingerprint density at radius 1 is 1.40 bits per heavy atom. The highest BCUT2D eigenvalue weighted by molar-refractivity contribution is 5.96. The Balaban J connectivity index is 1.73. The molecule has 20 heavy (non-hydrogen) atoms. The molecule has 1 fully saturated rings. The molecule has 1 aliphatic heterocycles. The number of ether oxygens (including phenoxy) is 1. The largest absolute Gasteiger partial charge is 0.379 e. The first-order valence-electron chi connectivity index (χ1n) is 7.25. The van der Waals surface area contributed by atoms with Crippen molar-refractivity contribution in [2.75, 3.05) is 39.4 Å². The highest BCUT2D eigenvalue weighted by Gasteiger charge is 2.18. The quantitative estimate of drug-likeness (QED) is 0.788. The van der Waals surface area contributed by atoms with Crippen LogP contribution in [0.1, 0.15) is 35.2 Å². The molecular weight excluding hydrogens is 258 g/mol. The Morgan fingerprint density at radius 3 is 2.85 bits per heavy atom. The van der Waals surface area contributed by atoms with Crippen molar-refractivity contribution in [2.24, 2.45) is 0 Å². The predicted octanol–water partition coefficient (Wildman–Crippen LogP) is 0.998. The summed E-state index contributed by atoms with van der Waals surface area (Å²) in [7, 11) is 0. The molecule has 0 radical (unpaired) electrons. The molecule has 0 spiro atoms. The molecule has 0 saturated carbocycles. The lowest BCUT2D eigenvalue weighted by atomic mass is 10.1. The Bertz CT molecular complexity index is 439. The number of morpholine rings is 1. The van der Waals surface area contributed by atoms with E-state index in [4.69, 9.17) is 9.26 Å². The van der Waals surface area contributed by atoms with Gasteiger partial charge < -0.3 is 14.6 Å². The van der Waals surface area contributed by atoms with Gasteiger partial charge in [0.2, 0.25) is 0 Å². The van der Waals surface area contributed by atoms with Crippen LogP contribution in [0.3, 0.4) is 0 Å². The third-order valence-corrected chi connectivity index (χ3v) is 3.54. The molecule has 1 aromatic heterocycles. The molecule has 0 unspecified atom stereocenters. The lowest BCUT2D eigenvalue weighted by Gasteiger charge is -2.26. The molecule has 0 aromatic carbocycles. The van der Waals surface area contributed by atoms with Gasteiger partial charge in [0.15, 0.2) is 0 Å². The fourth-order valence-electron chi connectivity index (χ4n) is 2.37. The number of hydrogen-bond acceptors (Lipinski definition) is 5. The van der Waals surface area contributed by atoms with Crippen LogP contribution in [0, 0.1) is 6.92 Å². The minimum Gasteiger partial charge on any atom is -0.379 e. The van der Waals surface area contributed by atoms with Gasteiger partial charge in [-0.05, 0) is 26.3 Å². The number of aromatic nitrogens is 1. The number of rotatable bonds is 6. The summed E-state index contributed by atoms with van der Waals surface area (Å²) in [5.41, 5.74) is 1.33. The first kappa shape index (κ1) is 15.0. The molecule has 0 aliphatic carbocycles. The number of amides is 1. The SMILES string of the molecule is CCc1noc(C)c1C(=O)NCCCN1CCOCC1. The Labute approximate surface area is 119 Å². The van der Waals surface area contributed by atoms with Crippen LogP contribution in [0.25, 0.3) is 0 Å². The van der Waals surface area contributed by atoms with Gasteiger partial charge in [0.05, 0.1) is 18.9 Å². The van der Waals surface area contributed by atoms with Crippen LogP contribution in [0.5, 0.6) is 0 Å². The van der Waals surface area contributed by atoms with Crippen molar-refractivity contribution in [1.29, 1.82) is 0 Å². The minimum absolute atomic E-state index is 0.0809. The van der Waals surface area contributed by atoms with E-state index in [0.29, 0.717) is 24.3 Å². The van der Waals surface area contributed by atoms with Crippen molar-refractivity contribution in [3.63, 3.8) is 0 Å². The van der Waals surface area contributed by atoms with Crippen LogP contribution >= 0.6 is 0 Å². The van der Waals surface area contributed by atoms with Gasteiger partial charge in [-0.1, -0.05) is 12.1 Å². The van der Waals surface area contributed by atoms with Gasteiger partial charge in [-0.2, -0.15) is 0 Å². The molecule has 1 saturated heterocycles. The summed E-state index contributed by atoms with van der Waals surface area (Å²) in [6, 6.07) is 0. The number of carbonyl (C=O) groups excluding carboxylic acids is 1. The molecular formula is C14H23N3O3. The molecule has 112 valence electrons.